The van der Waals surface area contributed by atoms with Crippen LogP contribution in [-0.2, 0) is 0 Å². The molecule has 0 fully saturated rings. The SMILES string of the molecule is CCC(CC)C(C)Nc1nc2ccc(N)cc2c(=O)[nH]1. The number of benzene rings is 1. The fourth-order valence-corrected chi connectivity index (χ4v) is 2.55. The van der Waals surface area contributed by atoms with Gasteiger partial charge in [0.15, 0.2) is 0 Å². The molecule has 0 spiro atoms. The van der Waals surface area contributed by atoms with Crippen LogP contribution in [0.3, 0.4) is 0 Å². The summed E-state index contributed by atoms with van der Waals surface area (Å²) in [4.78, 5) is 19.3. The summed E-state index contributed by atoms with van der Waals surface area (Å²) in [7, 11) is 0. The largest absolute Gasteiger partial charge is 0.399 e. The average molecular weight is 274 g/mol. The van der Waals surface area contributed by atoms with Crippen molar-refractivity contribution in [2.75, 3.05) is 11.1 Å². The van der Waals surface area contributed by atoms with Crippen molar-refractivity contribution in [1.82, 2.24) is 9.97 Å². The number of aromatic nitrogens is 2. The molecule has 108 valence electrons. The molecule has 2 aromatic rings. The molecule has 5 heteroatoms. The predicted molar refractivity (Wildman–Crippen MR) is 83.9 cm³/mol. The van der Waals surface area contributed by atoms with Gasteiger partial charge in [-0.2, -0.15) is 0 Å². The van der Waals surface area contributed by atoms with Gasteiger partial charge in [0, 0.05) is 11.7 Å². The highest BCUT2D eigenvalue weighted by atomic mass is 16.1. The zero-order valence-electron chi connectivity index (χ0n) is 12.2. The van der Waals surface area contributed by atoms with Gasteiger partial charge in [-0.05, 0) is 31.0 Å². The molecule has 5 nitrogen and oxygen atoms in total. The minimum Gasteiger partial charge on any atom is -0.399 e. The van der Waals surface area contributed by atoms with Crippen LogP contribution in [0.5, 0.6) is 0 Å². The molecule has 1 aromatic carbocycles. The van der Waals surface area contributed by atoms with Gasteiger partial charge in [0.2, 0.25) is 5.95 Å². The molecule has 0 saturated heterocycles. The molecule has 20 heavy (non-hydrogen) atoms. The van der Waals surface area contributed by atoms with Crippen molar-refractivity contribution < 1.29 is 0 Å². The van der Waals surface area contributed by atoms with E-state index in [4.69, 9.17) is 5.73 Å². The van der Waals surface area contributed by atoms with E-state index in [0.29, 0.717) is 28.5 Å². The summed E-state index contributed by atoms with van der Waals surface area (Å²) in [6.07, 6.45) is 2.19. The number of anilines is 2. The average Bonchev–Trinajstić information content (AvgIpc) is 2.41. The number of rotatable bonds is 5. The van der Waals surface area contributed by atoms with Crippen LogP contribution in [-0.4, -0.2) is 16.0 Å². The molecule has 1 atom stereocenters. The quantitative estimate of drug-likeness (QED) is 0.732. The fraction of sp³-hybridized carbons (Fsp3) is 0.467. The molecule has 1 heterocycles. The van der Waals surface area contributed by atoms with Gasteiger partial charge in [-0.3, -0.25) is 9.78 Å². The Labute approximate surface area is 118 Å². The second-order valence-electron chi connectivity index (χ2n) is 5.20. The number of nitrogens with one attached hydrogen (secondary N) is 2. The Kier molecular flexibility index (Phi) is 4.27. The lowest BCUT2D eigenvalue weighted by molar-refractivity contribution is 0.436. The van der Waals surface area contributed by atoms with E-state index < -0.39 is 0 Å². The summed E-state index contributed by atoms with van der Waals surface area (Å²) in [6, 6.07) is 5.43. The molecular weight excluding hydrogens is 252 g/mol. The first-order valence-corrected chi connectivity index (χ1v) is 7.11. The van der Waals surface area contributed by atoms with E-state index in [2.05, 4.69) is 36.1 Å². The highest BCUT2D eigenvalue weighted by Crippen LogP contribution is 2.17. The molecule has 0 radical (unpaired) electrons. The van der Waals surface area contributed by atoms with Gasteiger partial charge < -0.3 is 11.1 Å². The van der Waals surface area contributed by atoms with Crippen LogP contribution >= 0.6 is 0 Å². The van der Waals surface area contributed by atoms with E-state index in [0.717, 1.165) is 12.8 Å². The molecular formula is C15H22N4O. The summed E-state index contributed by atoms with van der Waals surface area (Å²) >= 11 is 0. The third-order valence-corrected chi connectivity index (χ3v) is 3.85. The Bertz CT molecular complexity index is 646. The number of nitrogen functional groups attached to an aromatic ring is 1. The highest BCUT2D eigenvalue weighted by molar-refractivity contribution is 5.81. The lowest BCUT2D eigenvalue weighted by atomic mass is 9.96. The maximum Gasteiger partial charge on any atom is 0.260 e. The van der Waals surface area contributed by atoms with Gasteiger partial charge in [0.1, 0.15) is 0 Å². The van der Waals surface area contributed by atoms with Crippen LogP contribution in [0.1, 0.15) is 33.6 Å². The Morgan fingerprint density at radius 2 is 2.05 bits per heavy atom. The monoisotopic (exact) mass is 274 g/mol. The number of hydrogen-bond acceptors (Lipinski definition) is 4. The molecule has 0 aliphatic heterocycles. The number of fused-ring (bicyclic) bond motifs is 1. The van der Waals surface area contributed by atoms with E-state index in [1.54, 1.807) is 18.2 Å². The summed E-state index contributed by atoms with van der Waals surface area (Å²) in [5.74, 6) is 1.08. The van der Waals surface area contributed by atoms with Crippen molar-refractivity contribution in [3.8, 4) is 0 Å². The molecule has 0 aliphatic rings. The second-order valence-corrected chi connectivity index (χ2v) is 5.20. The van der Waals surface area contributed by atoms with Crippen molar-refractivity contribution in [1.29, 1.82) is 0 Å². The maximum atomic E-state index is 12.1. The standard InChI is InChI=1S/C15H22N4O/c1-4-10(5-2)9(3)17-15-18-13-7-6-11(16)8-12(13)14(20)19-15/h6-10H,4-5,16H2,1-3H3,(H2,17,18,19,20). The second kappa shape index (κ2) is 5.94. The van der Waals surface area contributed by atoms with Crippen molar-refractivity contribution in [2.24, 2.45) is 5.92 Å². The summed E-state index contributed by atoms with van der Waals surface area (Å²) in [5, 5.41) is 3.81. The van der Waals surface area contributed by atoms with Crippen molar-refractivity contribution >= 4 is 22.5 Å². The van der Waals surface area contributed by atoms with Crippen molar-refractivity contribution in [2.45, 2.75) is 39.7 Å². The zero-order chi connectivity index (χ0) is 14.7. The highest BCUT2D eigenvalue weighted by Gasteiger charge is 2.14. The van der Waals surface area contributed by atoms with Crippen molar-refractivity contribution in [3.63, 3.8) is 0 Å². The van der Waals surface area contributed by atoms with E-state index in [-0.39, 0.29) is 11.6 Å². The van der Waals surface area contributed by atoms with Crippen LogP contribution in [0, 0.1) is 5.92 Å². The molecule has 4 N–H and O–H groups in total. The maximum absolute atomic E-state index is 12.1. The minimum atomic E-state index is -0.165. The number of aromatic amines is 1. The number of hydrogen-bond donors (Lipinski definition) is 3. The third kappa shape index (κ3) is 2.92. The van der Waals surface area contributed by atoms with Gasteiger partial charge in [0.05, 0.1) is 10.9 Å². The van der Waals surface area contributed by atoms with E-state index >= 15 is 0 Å². The van der Waals surface area contributed by atoms with Crippen LogP contribution in [0.15, 0.2) is 23.0 Å². The number of nitrogens with zero attached hydrogens (tertiary/aromatic N) is 1. The van der Waals surface area contributed by atoms with Crippen LogP contribution in [0.25, 0.3) is 10.9 Å². The molecule has 1 unspecified atom stereocenters. The molecule has 0 amide bonds. The molecule has 0 aliphatic carbocycles. The molecule has 0 bridgehead atoms. The Morgan fingerprint density at radius 3 is 2.70 bits per heavy atom. The van der Waals surface area contributed by atoms with Crippen LogP contribution in [0.4, 0.5) is 11.6 Å². The van der Waals surface area contributed by atoms with E-state index in [9.17, 15) is 4.79 Å². The molecule has 2 rings (SSSR count). The lowest BCUT2D eigenvalue weighted by Crippen LogP contribution is -2.27. The van der Waals surface area contributed by atoms with E-state index in [1.807, 2.05) is 0 Å². The third-order valence-electron chi connectivity index (χ3n) is 3.85. The van der Waals surface area contributed by atoms with Gasteiger partial charge in [-0.1, -0.05) is 26.7 Å². The fourth-order valence-electron chi connectivity index (χ4n) is 2.55. The minimum absolute atomic E-state index is 0.165. The van der Waals surface area contributed by atoms with Gasteiger partial charge >= 0.3 is 0 Å². The first kappa shape index (κ1) is 14.4. The first-order chi connectivity index (χ1) is 9.55. The Hall–Kier alpha value is -2.04. The van der Waals surface area contributed by atoms with Crippen LogP contribution < -0.4 is 16.6 Å². The summed E-state index contributed by atoms with van der Waals surface area (Å²) in [5.41, 5.74) is 6.75. The number of H-pyrrole nitrogens is 1. The first-order valence-electron chi connectivity index (χ1n) is 7.11. The molecule has 1 aromatic heterocycles. The summed E-state index contributed by atoms with van der Waals surface area (Å²) in [6.45, 7) is 6.46. The number of nitrogens with two attached hydrogens (primary N) is 1. The Balaban J connectivity index is 2.32. The lowest BCUT2D eigenvalue weighted by Gasteiger charge is -2.22. The molecule has 0 saturated carbocycles. The van der Waals surface area contributed by atoms with E-state index in [1.165, 1.54) is 0 Å². The van der Waals surface area contributed by atoms with Gasteiger partial charge in [-0.25, -0.2) is 4.98 Å². The topological polar surface area (TPSA) is 83.8 Å². The Morgan fingerprint density at radius 1 is 1.35 bits per heavy atom. The normalized spacial score (nSPS) is 12.8. The summed E-state index contributed by atoms with van der Waals surface area (Å²) < 4.78 is 0. The zero-order valence-corrected chi connectivity index (χ0v) is 12.2. The smallest absolute Gasteiger partial charge is 0.260 e. The van der Waals surface area contributed by atoms with Crippen molar-refractivity contribution in [3.05, 3.63) is 28.6 Å². The predicted octanol–water partition coefficient (Wildman–Crippen LogP) is 2.74. The van der Waals surface area contributed by atoms with Crippen LogP contribution in [0.2, 0.25) is 0 Å². The van der Waals surface area contributed by atoms with Gasteiger partial charge in [-0.15, -0.1) is 0 Å². The van der Waals surface area contributed by atoms with Gasteiger partial charge in [0.25, 0.3) is 5.56 Å².